The Morgan fingerprint density at radius 3 is 2.39 bits per heavy atom. The number of hydrogen-bond acceptors (Lipinski definition) is 5. The van der Waals surface area contributed by atoms with Crippen LogP contribution in [0.3, 0.4) is 0 Å². The average molecular weight is 420 g/mol. The van der Waals surface area contributed by atoms with E-state index in [2.05, 4.69) is 10.4 Å². The second-order valence-corrected chi connectivity index (χ2v) is 8.09. The normalized spacial score (nSPS) is 20.0. The van der Waals surface area contributed by atoms with Crippen molar-refractivity contribution in [1.29, 1.82) is 0 Å². The SMILES string of the molecule is COc1ccc([C@H]2CC(c3ccccc3)=NN2C(=O)CN2C(=O)NC(C)(C)C2=O)cc1. The molecule has 2 aromatic rings. The van der Waals surface area contributed by atoms with E-state index in [9.17, 15) is 14.4 Å². The summed E-state index contributed by atoms with van der Waals surface area (Å²) < 4.78 is 5.23. The van der Waals surface area contributed by atoms with Gasteiger partial charge in [0.05, 0.1) is 18.9 Å². The van der Waals surface area contributed by atoms with E-state index in [-0.39, 0.29) is 12.6 Å². The van der Waals surface area contributed by atoms with Crippen molar-refractivity contribution in [3.05, 3.63) is 65.7 Å². The lowest BCUT2D eigenvalue weighted by Crippen LogP contribution is -2.43. The predicted molar refractivity (Wildman–Crippen MR) is 115 cm³/mol. The molecule has 1 fully saturated rings. The third-order valence-corrected chi connectivity index (χ3v) is 5.51. The van der Waals surface area contributed by atoms with Crippen LogP contribution in [0.1, 0.15) is 37.4 Å². The van der Waals surface area contributed by atoms with Crippen LogP contribution in [0.5, 0.6) is 5.75 Å². The number of methoxy groups -OCH3 is 1. The summed E-state index contributed by atoms with van der Waals surface area (Å²) >= 11 is 0. The number of urea groups is 1. The van der Waals surface area contributed by atoms with Gasteiger partial charge in [0.1, 0.15) is 17.8 Å². The summed E-state index contributed by atoms with van der Waals surface area (Å²) in [4.78, 5) is 38.9. The first kappa shape index (κ1) is 20.6. The summed E-state index contributed by atoms with van der Waals surface area (Å²) in [5, 5.41) is 8.57. The highest BCUT2D eigenvalue weighted by Crippen LogP contribution is 2.34. The van der Waals surface area contributed by atoms with E-state index in [1.807, 2.05) is 54.6 Å². The number of imide groups is 1. The molecule has 2 aliphatic heterocycles. The summed E-state index contributed by atoms with van der Waals surface area (Å²) in [7, 11) is 1.59. The van der Waals surface area contributed by atoms with Crippen LogP contribution in [0.4, 0.5) is 4.79 Å². The fraction of sp³-hybridized carbons (Fsp3) is 0.304. The zero-order valence-electron chi connectivity index (χ0n) is 17.7. The fourth-order valence-electron chi connectivity index (χ4n) is 3.80. The highest BCUT2D eigenvalue weighted by molar-refractivity contribution is 6.09. The van der Waals surface area contributed by atoms with Crippen LogP contribution in [-0.2, 0) is 9.59 Å². The van der Waals surface area contributed by atoms with Crippen LogP contribution >= 0.6 is 0 Å². The van der Waals surface area contributed by atoms with Crippen molar-refractivity contribution in [2.45, 2.75) is 31.8 Å². The number of carbonyl (C=O) groups is 3. The van der Waals surface area contributed by atoms with Crippen molar-refractivity contribution in [1.82, 2.24) is 15.2 Å². The van der Waals surface area contributed by atoms with Gasteiger partial charge < -0.3 is 10.1 Å². The number of amides is 4. The first-order valence-electron chi connectivity index (χ1n) is 10.0. The first-order valence-corrected chi connectivity index (χ1v) is 10.0. The van der Waals surface area contributed by atoms with Gasteiger partial charge in [-0.25, -0.2) is 9.80 Å². The maximum Gasteiger partial charge on any atom is 0.325 e. The highest BCUT2D eigenvalue weighted by atomic mass is 16.5. The number of nitrogens with one attached hydrogen (secondary N) is 1. The number of hydrazone groups is 1. The Kier molecular flexibility index (Phi) is 5.22. The summed E-state index contributed by atoms with van der Waals surface area (Å²) in [6.45, 7) is 2.85. The van der Waals surface area contributed by atoms with Crippen LogP contribution in [0.2, 0.25) is 0 Å². The van der Waals surface area contributed by atoms with E-state index in [0.717, 1.165) is 21.7 Å². The molecule has 160 valence electrons. The zero-order chi connectivity index (χ0) is 22.2. The van der Waals surface area contributed by atoms with E-state index in [1.54, 1.807) is 21.0 Å². The third-order valence-electron chi connectivity index (χ3n) is 5.51. The zero-order valence-corrected chi connectivity index (χ0v) is 17.7. The van der Waals surface area contributed by atoms with Crippen molar-refractivity contribution >= 4 is 23.6 Å². The minimum absolute atomic E-state index is 0.345. The second kappa shape index (κ2) is 7.86. The Morgan fingerprint density at radius 2 is 1.81 bits per heavy atom. The van der Waals surface area contributed by atoms with Crippen molar-refractivity contribution in [2.24, 2.45) is 5.10 Å². The van der Waals surface area contributed by atoms with Gasteiger partial charge in [-0.3, -0.25) is 14.5 Å². The molecular weight excluding hydrogens is 396 g/mol. The standard InChI is InChI=1S/C23H24N4O4/c1-23(2)21(29)26(22(30)24-23)14-20(28)27-19(16-9-11-17(31-3)12-10-16)13-18(25-27)15-7-5-4-6-8-15/h4-12,19H,13-14H2,1-3H3,(H,24,30)/t19-/m1/s1. The first-order chi connectivity index (χ1) is 14.8. The topological polar surface area (TPSA) is 91.3 Å². The largest absolute Gasteiger partial charge is 0.497 e. The molecule has 8 nitrogen and oxygen atoms in total. The molecule has 31 heavy (non-hydrogen) atoms. The molecule has 2 heterocycles. The molecule has 1 atom stereocenters. The van der Waals surface area contributed by atoms with Crippen LogP contribution in [0.25, 0.3) is 0 Å². The average Bonchev–Trinajstić information content (AvgIpc) is 3.29. The van der Waals surface area contributed by atoms with Crippen molar-refractivity contribution in [3.63, 3.8) is 0 Å². The van der Waals surface area contributed by atoms with Crippen LogP contribution in [0.15, 0.2) is 59.7 Å². The summed E-state index contributed by atoms with van der Waals surface area (Å²) in [6.07, 6.45) is 0.522. The van der Waals surface area contributed by atoms with E-state index < -0.39 is 23.4 Å². The van der Waals surface area contributed by atoms with Crippen LogP contribution < -0.4 is 10.1 Å². The predicted octanol–water partition coefficient (Wildman–Crippen LogP) is 2.70. The molecule has 8 heteroatoms. The highest BCUT2D eigenvalue weighted by Gasteiger charge is 2.46. The molecule has 0 aromatic heterocycles. The molecule has 0 aliphatic carbocycles. The van der Waals surface area contributed by atoms with Gasteiger partial charge in [-0.2, -0.15) is 5.10 Å². The van der Waals surface area contributed by atoms with Gasteiger partial charge >= 0.3 is 6.03 Å². The monoisotopic (exact) mass is 420 g/mol. The summed E-state index contributed by atoms with van der Waals surface area (Å²) in [5.41, 5.74) is 1.55. The van der Waals surface area contributed by atoms with E-state index in [0.29, 0.717) is 12.2 Å². The molecule has 4 amide bonds. The molecule has 0 bridgehead atoms. The minimum Gasteiger partial charge on any atom is -0.497 e. The fourth-order valence-corrected chi connectivity index (χ4v) is 3.80. The number of benzene rings is 2. The molecule has 4 rings (SSSR count). The summed E-state index contributed by atoms with van der Waals surface area (Å²) in [6, 6.07) is 16.2. The van der Waals surface area contributed by atoms with Crippen LogP contribution in [-0.4, -0.2) is 52.7 Å². The molecule has 2 aliphatic rings. The maximum absolute atomic E-state index is 13.2. The van der Waals surface area contributed by atoms with Gasteiger partial charge in [-0.05, 0) is 37.1 Å². The smallest absolute Gasteiger partial charge is 0.325 e. The van der Waals surface area contributed by atoms with Crippen molar-refractivity contribution < 1.29 is 19.1 Å². The van der Waals surface area contributed by atoms with Gasteiger partial charge in [-0.1, -0.05) is 42.5 Å². The minimum atomic E-state index is -1.03. The summed E-state index contributed by atoms with van der Waals surface area (Å²) in [5.74, 6) is -0.142. The lowest BCUT2D eigenvalue weighted by molar-refractivity contribution is -0.139. The third kappa shape index (κ3) is 3.88. The van der Waals surface area contributed by atoms with Gasteiger partial charge in [0.15, 0.2) is 0 Å². The van der Waals surface area contributed by atoms with E-state index >= 15 is 0 Å². The molecule has 1 saturated heterocycles. The Labute approximate surface area is 180 Å². The number of hydrogen-bond donors (Lipinski definition) is 1. The molecule has 1 N–H and O–H groups in total. The number of carbonyl (C=O) groups excluding carboxylic acids is 3. The number of rotatable bonds is 5. The van der Waals surface area contributed by atoms with Crippen LogP contribution in [0, 0.1) is 0 Å². The molecule has 0 saturated carbocycles. The van der Waals surface area contributed by atoms with Crippen molar-refractivity contribution in [2.75, 3.05) is 13.7 Å². The molecular formula is C23H24N4O4. The molecule has 0 spiro atoms. The molecule has 2 aromatic carbocycles. The van der Waals surface area contributed by atoms with Crippen molar-refractivity contribution in [3.8, 4) is 5.75 Å². The lowest BCUT2D eigenvalue weighted by atomic mass is 9.98. The molecule has 0 unspecified atom stereocenters. The Balaban J connectivity index is 1.63. The number of ether oxygens (including phenoxy) is 1. The Hall–Kier alpha value is -3.68. The lowest BCUT2D eigenvalue weighted by Gasteiger charge is -2.24. The van der Waals surface area contributed by atoms with Gasteiger partial charge in [0, 0.05) is 6.42 Å². The second-order valence-electron chi connectivity index (χ2n) is 8.09. The van der Waals surface area contributed by atoms with E-state index in [4.69, 9.17) is 4.74 Å². The number of nitrogens with zero attached hydrogens (tertiary/aromatic N) is 3. The van der Waals surface area contributed by atoms with Gasteiger partial charge in [-0.15, -0.1) is 0 Å². The molecule has 0 radical (unpaired) electrons. The Morgan fingerprint density at radius 1 is 1.13 bits per heavy atom. The van der Waals surface area contributed by atoms with Gasteiger partial charge in [0.2, 0.25) is 0 Å². The maximum atomic E-state index is 13.2. The quantitative estimate of drug-likeness (QED) is 0.753. The van der Waals surface area contributed by atoms with Gasteiger partial charge in [0.25, 0.3) is 11.8 Å². The Bertz CT molecular complexity index is 1050. The van der Waals surface area contributed by atoms with E-state index in [1.165, 1.54) is 5.01 Å².